The lowest BCUT2D eigenvalue weighted by Gasteiger charge is -2.13. The van der Waals surface area contributed by atoms with Gasteiger partial charge < -0.3 is 20.1 Å². The predicted octanol–water partition coefficient (Wildman–Crippen LogP) is 3.55. The molecule has 2 aromatic rings. The average Bonchev–Trinajstić information content (AvgIpc) is 2.59. The number of methoxy groups -OCH3 is 2. The van der Waals surface area contributed by atoms with Crippen LogP contribution in [0.4, 0.5) is 11.4 Å². The molecule has 0 aliphatic rings. The summed E-state index contributed by atoms with van der Waals surface area (Å²) in [6.07, 6.45) is 0. The largest absolute Gasteiger partial charge is 0.495 e. The van der Waals surface area contributed by atoms with E-state index in [0.717, 1.165) is 11.1 Å². The molecule has 0 aliphatic heterocycles. The van der Waals surface area contributed by atoms with Crippen molar-refractivity contribution in [1.82, 2.24) is 0 Å². The van der Waals surface area contributed by atoms with Gasteiger partial charge in [0.05, 0.1) is 24.9 Å². The highest BCUT2D eigenvalue weighted by atomic mass is 35.5. The van der Waals surface area contributed by atoms with Crippen LogP contribution in [0.25, 0.3) is 0 Å². The Balaban J connectivity index is 2.15. The molecule has 2 N–H and O–H groups in total. The Morgan fingerprint density at radius 1 is 0.880 bits per heavy atom. The molecule has 0 radical (unpaired) electrons. The number of benzene rings is 2. The van der Waals surface area contributed by atoms with E-state index in [1.165, 1.54) is 26.4 Å². The molecule has 0 unspecified atom stereocenters. The second-order valence-corrected chi connectivity index (χ2v) is 5.80. The van der Waals surface area contributed by atoms with Gasteiger partial charge in [-0.05, 0) is 37.1 Å². The van der Waals surface area contributed by atoms with Crippen molar-refractivity contribution in [3.63, 3.8) is 0 Å². The number of hydrogen-bond donors (Lipinski definition) is 2. The summed E-state index contributed by atoms with van der Waals surface area (Å²) in [5.74, 6) is -0.953. The number of ether oxygens (including phenoxy) is 2. The van der Waals surface area contributed by atoms with Crippen molar-refractivity contribution in [2.45, 2.75) is 13.8 Å². The third-order valence-corrected chi connectivity index (χ3v) is 3.99. The van der Waals surface area contributed by atoms with Crippen LogP contribution in [-0.2, 0) is 9.59 Å². The van der Waals surface area contributed by atoms with Crippen molar-refractivity contribution in [2.75, 3.05) is 24.9 Å². The SMILES string of the molecule is COc1cc(NC(=O)C(=O)Nc2ccc(C)c(C)c2)c(OC)cc1Cl. The van der Waals surface area contributed by atoms with Gasteiger partial charge in [0.25, 0.3) is 0 Å². The summed E-state index contributed by atoms with van der Waals surface area (Å²) in [5.41, 5.74) is 2.94. The molecule has 0 saturated heterocycles. The van der Waals surface area contributed by atoms with Crippen molar-refractivity contribution < 1.29 is 19.1 Å². The number of nitrogens with one attached hydrogen (secondary N) is 2. The van der Waals surface area contributed by atoms with Crippen LogP contribution >= 0.6 is 11.6 Å². The van der Waals surface area contributed by atoms with Crippen LogP contribution in [-0.4, -0.2) is 26.0 Å². The molecule has 0 aliphatic carbocycles. The van der Waals surface area contributed by atoms with Crippen LogP contribution in [0.3, 0.4) is 0 Å². The molecule has 0 spiro atoms. The number of aryl methyl sites for hydroxylation is 2. The summed E-state index contributed by atoms with van der Waals surface area (Å²) < 4.78 is 10.3. The average molecular weight is 363 g/mol. The van der Waals surface area contributed by atoms with E-state index in [1.54, 1.807) is 12.1 Å². The first-order chi connectivity index (χ1) is 11.8. The lowest BCUT2D eigenvalue weighted by atomic mass is 10.1. The second kappa shape index (κ2) is 7.90. The Kier molecular flexibility index (Phi) is 5.88. The molecular formula is C18H19ClN2O4. The monoisotopic (exact) mass is 362 g/mol. The van der Waals surface area contributed by atoms with Crippen molar-refractivity contribution in [3.05, 3.63) is 46.5 Å². The fraction of sp³-hybridized carbons (Fsp3) is 0.222. The maximum absolute atomic E-state index is 12.2. The lowest BCUT2D eigenvalue weighted by molar-refractivity contribution is -0.133. The van der Waals surface area contributed by atoms with Gasteiger partial charge in [0.2, 0.25) is 0 Å². The van der Waals surface area contributed by atoms with Gasteiger partial charge >= 0.3 is 11.8 Å². The topological polar surface area (TPSA) is 76.7 Å². The van der Waals surface area contributed by atoms with E-state index in [4.69, 9.17) is 21.1 Å². The van der Waals surface area contributed by atoms with E-state index in [1.807, 2.05) is 19.9 Å². The number of halogens is 1. The van der Waals surface area contributed by atoms with Gasteiger partial charge in [0, 0.05) is 17.8 Å². The highest BCUT2D eigenvalue weighted by Gasteiger charge is 2.18. The quantitative estimate of drug-likeness (QED) is 0.815. The molecule has 0 heterocycles. The van der Waals surface area contributed by atoms with Crippen LogP contribution in [0.1, 0.15) is 11.1 Å². The number of rotatable bonds is 4. The van der Waals surface area contributed by atoms with E-state index in [9.17, 15) is 9.59 Å². The zero-order chi connectivity index (χ0) is 18.6. The molecule has 2 amide bonds. The van der Waals surface area contributed by atoms with Crippen LogP contribution in [0.2, 0.25) is 5.02 Å². The fourth-order valence-electron chi connectivity index (χ4n) is 2.14. The molecule has 0 saturated carbocycles. The van der Waals surface area contributed by atoms with Crippen LogP contribution in [0, 0.1) is 13.8 Å². The number of carbonyl (C=O) groups excluding carboxylic acids is 2. The molecule has 25 heavy (non-hydrogen) atoms. The number of hydrogen-bond acceptors (Lipinski definition) is 4. The molecule has 2 rings (SSSR count). The van der Waals surface area contributed by atoms with E-state index < -0.39 is 11.8 Å². The summed E-state index contributed by atoms with van der Waals surface area (Å²) in [5, 5.41) is 5.38. The Morgan fingerprint density at radius 2 is 1.52 bits per heavy atom. The summed E-state index contributed by atoms with van der Waals surface area (Å²) in [7, 11) is 2.88. The number of carbonyl (C=O) groups is 2. The third-order valence-electron chi connectivity index (χ3n) is 3.69. The van der Waals surface area contributed by atoms with Crippen LogP contribution in [0.15, 0.2) is 30.3 Å². The van der Waals surface area contributed by atoms with Gasteiger partial charge in [0.1, 0.15) is 11.5 Å². The highest BCUT2D eigenvalue weighted by molar-refractivity contribution is 6.44. The third kappa shape index (κ3) is 4.42. The first-order valence-electron chi connectivity index (χ1n) is 7.46. The normalized spacial score (nSPS) is 10.1. The Bertz CT molecular complexity index is 821. The first-order valence-corrected chi connectivity index (χ1v) is 7.84. The minimum Gasteiger partial charge on any atom is -0.495 e. The fourth-order valence-corrected chi connectivity index (χ4v) is 2.38. The van der Waals surface area contributed by atoms with Gasteiger partial charge in [-0.2, -0.15) is 0 Å². The molecule has 6 nitrogen and oxygen atoms in total. The molecule has 0 bridgehead atoms. The van der Waals surface area contributed by atoms with E-state index >= 15 is 0 Å². The van der Waals surface area contributed by atoms with Crippen molar-refractivity contribution in [1.29, 1.82) is 0 Å². The number of amides is 2. The minimum atomic E-state index is -0.832. The van der Waals surface area contributed by atoms with Gasteiger partial charge in [-0.15, -0.1) is 0 Å². The maximum Gasteiger partial charge on any atom is 0.314 e. The molecule has 0 atom stereocenters. The van der Waals surface area contributed by atoms with Gasteiger partial charge in [-0.3, -0.25) is 9.59 Å². The maximum atomic E-state index is 12.2. The second-order valence-electron chi connectivity index (χ2n) is 5.39. The van der Waals surface area contributed by atoms with Gasteiger partial charge in [0.15, 0.2) is 0 Å². The molecule has 0 fully saturated rings. The summed E-state index contributed by atoms with van der Waals surface area (Å²) in [6, 6.07) is 8.39. The van der Waals surface area contributed by atoms with E-state index in [2.05, 4.69) is 10.6 Å². The standard InChI is InChI=1S/C18H19ClN2O4/c1-10-5-6-12(7-11(10)2)20-17(22)18(23)21-14-9-15(24-3)13(19)8-16(14)25-4/h5-9H,1-4H3,(H,20,22)(H,21,23). The zero-order valence-corrected chi connectivity index (χ0v) is 15.2. The first kappa shape index (κ1) is 18.6. The Morgan fingerprint density at radius 3 is 2.12 bits per heavy atom. The predicted molar refractivity (Wildman–Crippen MR) is 97.7 cm³/mol. The molecular weight excluding hydrogens is 344 g/mol. The smallest absolute Gasteiger partial charge is 0.314 e. The van der Waals surface area contributed by atoms with Crippen LogP contribution in [0.5, 0.6) is 11.5 Å². The molecule has 0 aromatic heterocycles. The molecule has 7 heteroatoms. The summed E-state index contributed by atoms with van der Waals surface area (Å²) in [4.78, 5) is 24.3. The lowest BCUT2D eigenvalue weighted by Crippen LogP contribution is -2.29. The van der Waals surface area contributed by atoms with E-state index in [-0.39, 0.29) is 5.69 Å². The van der Waals surface area contributed by atoms with E-state index in [0.29, 0.717) is 22.2 Å². The van der Waals surface area contributed by atoms with Crippen molar-refractivity contribution >= 4 is 34.8 Å². The highest BCUT2D eigenvalue weighted by Crippen LogP contribution is 2.35. The Labute approximate surface area is 151 Å². The van der Waals surface area contributed by atoms with Crippen LogP contribution < -0.4 is 20.1 Å². The number of anilines is 2. The Hall–Kier alpha value is -2.73. The molecule has 132 valence electrons. The summed E-state index contributed by atoms with van der Waals surface area (Å²) >= 11 is 6.02. The minimum absolute atomic E-state index is 0.281. The molecule has 2 aromatic carbocycles. The van der Waals surface area contributed by atoms with Gasteiger partial charge in [-0.1, -0.05) is 17.7 Å². The van der Waals surface area contributed by atoms with Crippen molar-refractivity contribution in [2.24, 2.45) is 0 Å². The summed E-state index contributed by atoms with van der Waals surface area (Å²) in [6.45, 7) is 3.89. The van der Waals surface area contributed by atoms with Crippen molar-refractivity contribution in [3.8, 4) is 11.5 Å². The zero-order valence-electron chi connectivity index (χ0n) is 14.4. The van der Waals surface area contributed by atoms with Gasteiger partial charge in [-0.25, -0.2) is 0 Å².